The Balaban J connectivity index is 1.75. The highest BCUT2D eigenvalue weighted by atomic mass is 32.1. The summed E-state index contributed by atoms with van der Waals surface area (Å²) in [6.45, 7) is 3.81. The molecule has 1 N–H and O–H groups in total. The summed E-state index contributed by atoms with van der Waals surface area (Å²) < 4.78 is 5.91. The normalized spacial score (nSPS) is 15.0. The zero-order chi connectivity index (χ0) is 21.8. The number of anilines is 1. The number of rotatable bonds is 7. The Kier molecular flexibility index (Phi) is 6.56. The molecule has 2 amide bonds. The van der Waals surface area contributed by atoms with Gasteiger partial charge in [0.05, 0.1) is 6.42 Å². The minimum atomic E-state index is -0.858. The van der Waals surface area contributed by atoms with Crippen molar-refractivity contribution >= 4 is 28.8 Å². The summed E-state index contributed by atoms with van der Waals surface area (Å²) in [7, 11) is 0. The Morgan fingerprint density at radius 2 is 1.87 bits per heavy atom. The van der Waals surface area contributed by atoms with E-state index in [1.807, 2.05) is 61.7 Å². The van der Waals surface area contributed by atoms with Gasteiger partial charge in [0.2, 0.25) is 5.91 Å². The Hall–Kier alpha value is -2.86. The average molecular weight is 437 g/mol. The van der Waals surface area contributed by atoms with Crippen molar-refractivity contribution in [3.05, 3.63) is 75.9 Å². The van der Waals surface area contributed by atoms with E-state index in [2.05, 4.69) is 5.32 Å². The van der Waals surface area contributed by atoms with Gasteiger partial charge in [0.25, 0.3) is 5.91 Å². The number of hydrogen-bond acceptors (Lipinski definition) is 4. The molecule has 5 nitrogen and oxygen atoms in total. The monoisotopic (exact) mass is 436 g/mol. The highest BCUT2D eigenvalue weighted by molar-refractivity contribution is 7.10. The molecule has 0 bridgehead atoms. The number of carbonyl (C=O) groups is 2. The third-order valence-electron chi connectivity index (χ3n) is 5.79. The second-order valence-corrected chi connectivity index (χ2v) is 9.18. The molecule has 0 spiro atoms. The van der Waals surface area contributed by atoms with Gasteiger partial charge in [0.1, 0.15) is 11.5 Å². The van der Waals surface area contributed by atoms with Gasteiger partial charge in [-0.15, -0.1) is 11.3 Å². The third kappa shape index (κ3) is 4.90. The summed E-state index contributed by atoms with van der Waals surface area (Å²) in [5, 5.41) is 5.14. The number of nitrogens with one attached hydrogen (secondary N) is 1. The summed E-state index contributed by atoms with van der Waals surface area (Å²) in [5.41, 5.74) is 1.66. The van der Waals surface area contributed by atoms with Crippen LogP contribution in [0.5, 0.6) is 0 Å². The summed E-state index contributed by atoms with van der Waals surface area (Å²) in [4.78, 5) is 29.8. The Bertz CT molecular complexity index is 1030. The maximum absolute atomic E-state index is 13.6. The molecule has 4 rings (SSSR count). The SMILES string of the molecule is Cc1ccc(C(C(=O)NC2CCCC2)N(C(=O)Cc2cccs2)c2ccccc2C)o1. The van der Waals surface area contributed by atoms with Gasteiger partial charge in [-0.3, -0.25) is 14.5 Å². The minimum Gasteiger partial charge on any atom is -0.464 e. The van der Waals surface area contributed by atoms with Gasteiger partial charge >= 0.3 is 0 Å². The molecule has 0 saturated heterocycles. The summed E-state index contributed by atoms with van der Waals surface area (Å²) >= 11 is 1.54. The summed E-state index contributed by atoms with van der Waals surface area (Å²) in [5.74, 6) is 0.876. The lowest BCUT2D eigenvalue weighted by Crippen LogP contribution is -2.47. The fraction of sp³-hybridized carbons (Fsp3) is 0.360. The second-order valence-electron chi connectivity index (χ2n) is 8.15. The second kappa shape index (κ2) is 9.52. The van der Waals surface area contributed by atoms with Crippen molar-refractivity contribution in [1.82, 2.24) is 5.32 Å². The first-order valence-corrected chi connectivity index (χ1v) is 11.7. The number of carbonyl (C=O) groups excluding carboxylic acids is 2. The van der Waals surface area contributed by atoms with Crippen LogP contribution in [0.3, 0.4) is 0 Å². The number of amides is 2. The van der Waals surface area contributed by atoms with E-state index in [9.17, 15) is 9.59 Å². The van der Waals surface area contributed by atoms with Crippen LogP contribution < -0.4 is 10.2 Å². The third-order valence-corrected chi connectivity index (χ3v) is 6.66. The molecule has 1 saturated carbocycles. The van der Waals surface area contributed by atoms with Gasteiger partial charge in [0, 0.05) is 16.6 Å². The molecule has 1 aromatic carbocycles. The van der Waals surface area contributed by atoms with Crippen LogP contribution in [-0.2, 0) is 16.0 Å². The van der Waals surface area contributed by atoms with Crippen molar-refractivity contribution in [3.8, 4) is 0 Å². The van der Waals surface area contributed by atoms with Crippen molar-refractivity contribution < 1.29 is 14.0 Å². The van der Waals surface area contributed by atoms with Gasteiger partial charge in [-0.05, 0) is 61.9 Å². The number of hydrogen-bond donors (Lipinski definition) is 1. The zero-order valence-electron chi connectivity index (χ0n) is 18.0. The fourth-order valence-electron chi connectivity index (χ4n) is 4.22. The van der Waals surface area contributed by atoms with Gasteiger partial charge in [-0.25, -0.2) is 0 Å². The standard InChI is InChI=1S/C25H28N2O3S/c1-17-8-3-6-12-21(17)27(23(28)16-20-11-7-15-31-20)24(22-14-13-18(2)30-22)25(29)26-19-9-4-5-10-19/h3,6-8,11-15,19,24H,4-5,9-10,16H2,1-2H3,(H,26,29). The first-order chi connectivity index (χ1) is 15.0. The number of nitrogens with zero attached hydrogens (tertiary/aromatic N) is 1. The minimum absolute atomic E-state index is 0.127. The largest absolute Gasteiger partial charge is 0.464 e. The highest BCUT2D eigenvalue weighted by Gasteiger charge is 2.36. The van der Waals surface area contributed by atoms with E-state index in [4.69, 9.17) is 4.42 Å². The van der Waals surface area contributed by atoms with E-state index in [-0.39, 0.29) is 24.3 Å². The molecule has 0 radical (unpaired) electrons. The molecule has 0 aliphatic heterocycles. The number of para-hydroxylation sites is 1. The molecule has 1 fully saturated rings. The Morgan fingerprint density at radius 3 is 2.52 bits per heavy atom. The van der Waals surface area contributed by atoms with Crippen LogP contribution in [-0.4, -0.2) is 17.9 Å². The molecule has 2 aromatic heterocycles. The Morgan fingerprint density at radius 1 is 1.10 bits per heavy atom. The van der Waals surface area contributed by atoms with Gasteiger partial charge in [-0.1, -0.05) is 37.1 Å². The number of aryl methyl sites for hydroxylation is 2. The molecule has 3 aromatic rings. The van der Waals surface area contributed by atoms with Crippen LogP contribution in [0.15, 0.2) is 58.3 Å². The lowest BCUT2D eigenvalue weighted by atomic mass is 10.1. The van der Waals surface area contributed by atoms with Gasteiger partial charge in [-0.2, -0.15) is 0 Å². The highest BCUT2D eigenvalue weighted by Crippen LogP contribution is 2.33. The molecule has 2 heterocycles. The van der Waals surface area contributed by atoms with Crippen molar-refractivity contribution in [1.29, 1.82) is 0 Å². The first kappa shape index (κ1) is 21.4. The fourth-order valence-corrected chi connectivity index (χ4v) is 4.92. The maximum Gasteiger partial charge on any atom is 0.251 e. The van der Waals surface area contributed by atoms with Crippen LogP contribution in [0.4, 0.5) is 5.69 Å². The summed E-state index contributed by atoms with van der Waals surface area (Å²) in [6, 6.07) is 14.5. The molecular weight excluding hydrogens is 408 g/mol. The van der Waals surface area contributed by atoms with E-state index in [1.165, 1.54) is 0 Å². The first-order valence-electron chi connectivity index (χ1n) is 10.8. The molecule has 6 heteroatoms. The van der Waals surface area contributed by atoms with E-state index in [1.54, 1.807) is 22.3 Å². The maximum atomic E-state index is 13.6. The van der Waals surface area contributed by atoms with E-state index in [0.29, 0.717) is 11.5 Å². The van der Waals surface area contributed by atoms with E-state index >= 15 is 0 Å². The van der Waals surface area contributed by atoms with Crippen LogP contribution in [0.2, 0.25) is 0 Å². The molecule has 162 valence electrons. The number of benzene rings is 1. The number of furan rings is 1. The van der Waals surface area contributed by atoms with Gasteiger partial charge in [0.15, 0.2) is 6.04 Å². The molecule has 1 unspecified atom stereocenters. The predicted octanol–water partition coefficient (Wildman–Crippen LogP) is 5.33. The average Bonchev–Trinajstić information content (AvgIpc) is 3.51. The topological polar surface area (TPSA) is 62.6 Å². The van der Waals surface area contributed by atoms with E-state index < -0.39 is 6.04 Å². The molecule has 1 atom stereocenters. The zero-order valence-corrected chi connectivity index (χ0v) is 18.8. The van der Waals surface area contributed by atoms with Crippen molar-refractivity contribution in [2.75, 3.05) is 4.90 Å². The van der Waals surface area contributed by atoms with Crippen LogP contribution in [0.1, 0.15) is 53.7 Å². The van der Waals surface area contributed by atoms with Crippen molar-refractivity contribution in [2.24, 2.45) is 0 Å². The van der Waals surface area contributed by atoms with Crippen LogP contribution in [0, 0.1) is 13.8 Å². The summed E-state index contributed by atoms with van der Waals surface area (Å²) in [6.07, 6.45) is 4.42. The quantitative estimate of drug-likeness (QED) is 0.544. The van der Waals surface area contributed by atoms with Gasteiger partial charge < -0.3 is 9.73 Å². The molecule has 1 aliphatic carbocycles. The van der Waals surface area contributed by atoms with E-state index in [0.717, 1.165) is 41.8 Å². The van der Waals surface area contributed by atoms with Crippen molar-refractivity contribution in [2.45, 2.75) is 58.0 Å². The lowest BCUT2D eigenvalue weighted by Gasteiger charge is -2.32. The predicted molar refractivity (Wildman–Crippen MR) is 123 cm³/mol. The molecule has 31 heavy (non-hydrogen) atoms. The van der Waals surface area contributed by atoms with Crippen LogP contribution >= 0.6 is 11.3 Å². The molecular formula is C25H28N2O3S. The smallest absolute Gasteiger partial charge is 0.251 e. The Labute approximate surface area is 187 Å². The van der Waals surface area contributed by atoms with Crippen molar-refractivity contribution in [3.63, 3.8) is 0 Å². The number of thiophene rings is 1. The lowest BCUT2D eigenvalue weighted by molar-refractivity contribution is -0.127. The van der Waals surface area contributed by atoms with Crippen LogP contribution in [0.25, 0.3) is 0 Å². The molecule has 1 aliphatic rings.